The second kappa shape index (κ2) is 5.76. The van der Waals surface area contributed by atoms with Gasteiger partial charge in [-0.25, -0.2) is 9.78 Å². The summed E-state index contributed by atoms with van der Waals surface area (Å²) in [4.78, 5) is 19.3. The van der Waals surface area contributed by atoms with E-state index in [0.29, 0.717) is 0 Å². The van der Waals surface area contributed by atoms with Crippen LogP contribution in [0.5, 0.6) is 0 Å². The number of ether oxygens (including phenoxy) is 1. The monoisotopic (exact) mass is 359 g/mol. The van der Waals surface area contributed by atoms with Crippen molar-refractivity contribution in [2.24, 2.45) is 0 Å². The van der Waals surface area contributed by atoms with Crippen LogP contribution in [0.3, 0.4) is 0 Å². The minimum absolute atomic E-state index is 0.144. The number of alkyl halides is 3. The Morgan fingerprint density at radius 3 is 2.48 bits per heavy atom. The molecule has 3 atom stereocenters. The van der Waals surface area contributed by atoms with Crippen LogP contribution >= 0.6 is 0 Å². The van der Waals surface area contributed by atoms with Gasteiger partial charge in [-0.05, 0) is 32.9 Å². The predicted octanol–water partition coefficient (Wildman–Crippen LogP) is 2.27. The number of piperazine rings is 1. The molecule has 2 saturated heterocycles. The zero-order chi connectivity index (χ0) is 18.6. The molecule has 138 valence electrons. The number of hydrogen-bond acceptors (Lipinski definition) is 5. The zero-order valence-electron chi connectivity index (χ0n) is 14.1. The molecule has 25 heavy (non-hydrogen) atoms. The van der Waals surface area contributed by atoms with Crippen LogP contribution < -0.4 is 4.90 Å². The van der Waals surface area contributed by atoms with Gasteiger partial charge in [0.2, 0.25) is 0 Å². The number of likely N-dealkylation sites (tertiary alicyclic amines) is 1. The summed E-state index contributed by atoms with van der Waals surface area (Å²) in [6.45, 7) is 5.62. The standard InChI is InChI=1S/C16H20F3N3O3/c1-15(2,3)25-14(24)22-8-10-13(23)11(22)7-21(10)12-6-9(4-5-20-12)16(17,18)19/h4-6,10-11,13,23H,7-8H2,1-3H3/t10-,11+,13?/m0/s1. The highest BCUT2D eigenvalue weighted by Gasteiger charge is 2.54. The Morgan fingerprint density at radius 2 is 1.96 bits per heavy atom. The molecule has 0 radical (unpaired) electrons. The molecule has 0 aliphatic carbocycles. The van der Waals surface area contributed by atoms with E-state index in [1.54, 1.807) is 25.7 Å². The number of rotatable bonds is 1. The Kier molecular flexibility index (Phi) is 4.09. The van der Waals surface area contributed by atoms with Crippen molar-refractivity contribution in [3.8, 4) is 0 Å². The molecule has 2 bridgehead atoms. The van der Waals surface area contributed by atoms with Crippen LogP contribution in [0, 0.1) is 0 Å². The van der Waals surface area contributed by atoms with Gasteiger partial charge in [0.05, 0.1) is 23.8 Å². The second-order valence-corrected chi connectivity index (χ2v) is 7.31. The number of pyridine rings is 1. The lowest BCUT2D eigenvalue weighted by atomic mass is 10.2. The minimum Gasteiger partial charge on any atom is -0.444 e. The fraction of sp³-hybridized carbons (Fsp3) is 0.625. The van der Waals surface area contributed by atoms with Crippen LogP contribution in [-0.2, 0) is 10.9 Å². The quantitative estimate of drug-likeness (QED) is 0.833. The number of aliphatic hydroxyl groups is 1. The van der Waals surface area contributed by atoms with Gasteiger partial charge in [-0.2, -0.15) is 13.2 Å². The van der Waals surface area contributed by atoms with Gasteiger partial charge in [0.25, 0.3) is 0 Å². The molecular weight excluding hydrogens is 339 g/mol. The molecular formula is C16H20F3N3O3. The maximum absolute atomic E-state index is 12.9. The molecule has 1 N–H and O–H groups in total. The summed E-state index contributed by atoms with van der Waals surface area (Å²) < 4.78 is 44.0. The van der Waals surface area contributed by atoms with Crippen LogP contribution in [0.25, 0.3) is 0 Å². The third-order valence-electron chi connectivity index (χ3n) is 4.35. The Morgan fingerprint density at radius 1 is 1.28 bits per heavy atom. The van der Waals surface area contributed by atoms with E-state index in [-0.39, 0.29) is 18.9 Å². The van der Waals surface area contributed by atoms with Gasteiger partial charge in [-0.1, -0.05) is 0 Å². The minimum atomic E-state index is -4.46. The molecule has 0 saturated carbocycles. The Bertz CT molecular complexity index is 675. The number of hydrogen-bond donors (Lipinski definition) is 1. The molecule has 1 amide bonds. The first-order chi connectivity index (χ1) is 11.5. The summed E-state index contributed by atoms with van der Waals surface area (Å²) in [6.07, 6.45) is -4.75. The average Bonchev–Trinajstić information content (AvgIpc) is 2.97. The maximum atomic E-state index is 12.9. The Hall–Kier alpha value is -2.03. The summed E-state index contributed by atoms with van der Waals surface area (Å²) in [5, 5.41) is 10.4. The number of amides is 1. The number of aromatic nitrogens is 1. The van der Waals surface area contributed by atoms with Crippen molar-refractivity contribution in [2.45, 2.75) is 50.7 Å². The predicted molar refractivity (Wildman–Crippen MR) is 83.1 cm³/mol. The van der Waals surface area contributed by atoms with Crippen LogP contribution in [0.1, 0.15) is 26.3 Å². The van der Waals surface area contributed by atoms with Gasteiger partial charge in [0.1, 0.15) is 11.4 Å². The highest BCUT2D eigenvalue weighted by Crippen LogP contribution is 2.37. The van der Waals surface area contributed by atoms with Crippen molar-refractivity contribution in [3.63, 3.8) is 0 Å². The Labute approximate surface area is 143 Å². The van der Waals surface area contributed by atoms with E-state index in [2.05, 4.69) is 4.98 Å². The third kappa shape index (κ3) is 3.37. The number of aliphatic hydroxyl groups excluding tert-OH is 1. The lowest BCUT2D eigenvalue weighted by Gasteiger charge is -2.35. The topological polar surface area (TPSA) is 65.9 Å². The lowest BCUT2D eigenvalue weighted by Crippen LogP contribution is -2.50. The maximum Gasteiger partial charge on any atom is 0.416 e. The number of anilines is 1. The van der Waals surface area contributed by atoms with Crippen molar-refractivity contribution in [1.29, 1.82) is 0 Å². The molecule has 2 fully saturated rings. The number of carbonyl (C=O) groups is 1. The normalized spacial score (nSPS) is 26.3. The van der Waals surface area contributed by atoms with Crippen molar-refractivity contribution in [3.05, 3.63) is 23.9 Å². The van der Waals surface area contributed by atoms with E-state index in [1.165, 1.54) is 4.90 Å². The number of nitrogens with zero attached hydrogens (tertiary/aromatic N) is 3. The summed E-state index contributed by atoms with van der Waals surface area (Å²) in [5.74, 6) is 0.144. The first kappa shape index (κ1) is 17.8. The van der Waals surface area contributed by atoms with E-state index in [0.717, 1.165) is 18.3 Å². The fourth-order valence-electron chi connectivity index (χ4n) is 3.26. The van der Waals surface area contributed by atoms with Crippen molar-refractivity contribution in [1.82, 2.24) is 9.88 Å². The molecule has 3 heterocycles. The smallest absolute Gasteiger partial charge is 0.416 e. The van der Waals surface area contributed by atoms with Crippen molar-refractivity contribution in [2.75, 3.05) is 18.0 Å². The highest BCUT2D eigenvalue weighted by molar-refractivity contribution is 5.70. The lowest BCUT2D eigenvalue weighted by molar-refractivity contribution is -0.137. The molecule has 1 aromatic rings. The van der Waals surface area contributed by atoms with Crippen LogP contribution in [-0.4, -0.2) is 58.0 Å². The molecule has 0 spiro atoms. The van der Waals surface area contributed by atoms with Crippen LogP contribution in [0.15, 0.2) is 18.3 Å². The summed E-state index contributed by atoms with van der Waals surface area (Å²) in [6, 6.07) is 0.830. The summed E-state index contributed by atoms with van der Waals surface area (Å²) in [5.41, 5.74) is -1.45. The van der Waals surface area contributed by atoms with Gasteiger partial charge < -0.3 is 14.7 Å². The van der Waals surface area contributed by atoms with Crippen molar-refractivity contribution < 1.29 is 27.8 Å². The van der Waals surface area contributed by atoms with E-state index in [9.17, 15) is 23.1 Å². The Balaban J connectivity index is 1.77. The number of fused-ring (bicyclic) bond motifs is 2. The molecule has 9 heteroatoms. The molecule has 3 rings (SSSR count). The molecule has 0 aromatic carbocycles. The van der Waals surface area contributed by atoms with E-state index in [4.69, 9.17) is 4.74 Å². The zero-order valence-corrected chi connectivity index (χ0v) is 14.1. The first-order valence-corrected chi connectivity index (χ1v) is 7.95. The third-order valence-corrected chi connectivity index (χ3v) is 4.35. The molecule has 2 aliphatic heterocycles. The molecule has 2 aliphatic rings. The van der Waals surface area contributed by atoms with E-state index < -0.39 is 41.6 Å². The molecule has 1 aromatic heterocycles. The fourth-order valence-corrected chi connectivity index (χ4v) is 3.26. The second-order valence-electron chi connectivity index (χ2n) is 7.31. The first-order valence-electron chi connectivity index (χ1n) is 7.95. The van der Waals surface area contributed by atoms with Crippen LogP contribution in [0.2, 0.25) is 0 Å². The summed E-state index contributed by atoms with van der Waals surface area (Å²) in [7, 11) is 0. The number of halogens is 3. The van der Waals surface area contributed by atoms with Gasteiger partial charge in [-0.3, -0.25) is 4.90 Å². The summed E-state index contributed by atoms with van der Waals surface area (Å²) >= 11 is 0. The molecule has 1 unspecified atom stereocenters. The SMILES string of the molecule is CC(C)(C)OC(=O)N1C[C@H]2C(O)[C@H]1CN2c1cc(C(F)(F)F)ccn1. The largest absolute Gasteiger partial charge is 0.444 e. The van der Waals surface area contributed by atoms with E-state index in [1.807, 2.05) is 0 Å². The van der Waals surface area contributed by atoms with Gasteiger partial charge in [0, 0.05) is 19.3 Å². The van der Waals surface area contributed by atoms with Gasteiger partial charge in [0.15, 0.2) is 0 Å². The van der Waals surface area contributed by atoms with Gasteiger partial charge >= 0.3 is 12.3 Å². The van der Waals surface area contributed by atoms with Gasteiger partial charge in [-0.15, -0.1) is 0 Å². The van der Waals surface area contributed by atoms with Crippen LogP contribution in [0.4, 0.5) is 23.8 Å². The highest BCUT2D eigenvalue weighted by atomic mass is 19.4. The number of carbonyl (C=O) groups excluding carboxylic acids is 1. The average molecular weight is 359 g/mol. The molecule has 6 nitrogen and oxygen atoms in total. The van der Waals surface area contributed by atoms with E-state index >= 15 is 0 Å². The van der Waals surface area contributed by atoms with Crippen molar-refractivity contribution >= 4 is 11.9 Å².